The van der Waals surface area contributed by atoms with Crippen molar-refractivity contribution < 1.29 is 9.84 Å². The summed E-state index contributed by atoms with van der Waals surface area (Å²) in [6.07, 6.45) is 9.60. The summed E-state index contributed by atoms with van der Waals surface area (Å²) in [5, 5.41) is 9.17. The molecule has 1 aromatic rings. The van der Waals surface area contributed by atoms with Crippen LogP contribution in [0.1, 0.15) is 51.5 Å². The number of unbranched alkanes of at least 4 members (excludes halogenated alkanes) is 3. The molecule has 0 saturated carbocycles. The Bertz CT molecular complexity index is 315. The molecule has 1 unspecified atom stereocenters. The van der Waals surface area contributed by atoms with Crippen LogP contribution in [0.15, 0.2) is 18.5 Å². The maximum atomic E-state index is 9.17. The quantitative estimate of drug-likeness (QED) is 0.705. The van der Waals surface area contributed by atoms with Gasteiger partial charge in [0.25, 0.3) is 0 Å². The van der Waals surface area contributed by atoms with Crippen molar-refractivity contribution in [3.05, 3.63) is 24.0 Å². The molecule has 0 radical (unpaired) electrons. The van der Waals surface area contributed by atoms with Gasteiger partial charge >= 0.3 is 0 Å². The zero-order valence-electron chi connectivity index (χ0n) is 10.9. The minimum Gasteiger partial charge on any atom is -0.489 e. The van der Waals surface area contributed by atoms with E-state index in [4.69, 9.17) is 9.84 Å². The summed E-state index contributed by atoms with van der Waals surface area (Å²) in [6, 6.07) is 1.79. The number of ether oxygens (including phenoxy) is 1. The van der Waals surface area contributed by atoms with Crippen molar-refractivity contribution in [2.45, 2.75) is 58.7 Å². The third-order valence-electron chi connectivity index (χ3n) is 2.83. The van der Waals surface area contributed by atoms with Gasteiger partial charge in [0.15, 0.2) is 0 Å². The molecular formula is C14H23NO2. The number of aliphatic hydroxyl groups is 1. The van der Waals surface area contributed by atoms with Crippen molar-refractivity contribution in [2.75, 3.05) is 0 Å². The van der Waals surface area contributed by atoms with E-state index in [1.165, 1.54) is 25.7 Å². The predicted molar refractivity (Wildman–Crippen MR) is 69.0 cm³/mol. The number of hydrogen-bond acceptors (Lipinski definition) is 3. The molecule has 1 heterocycles. The molecule has 0 aromatic carbocycles. The minimum absolute atomic E-state index is 0.000405. The summed E-state index contributed by atoms with van der Waals surface area (Å²) in [5.41, 5.74) is 0.806. The number of aromatic nitrogens is 1. The summed E-state index contributed by atoms with van der Waals surface area (Å²) >= 11 is 0. The smallest absolute Gasteiger partial charge is 0.143 e. The molecule has 0 saturated heterocycles. The van der Waals surface area contributed by atoms with Gasteiger partial charge in [-0.15, -0.1) is 0 Å². The van der Waals surface area contributed by atoms with E-state index in [1.807, 2.05) is 0 Å². The molecule has 1 atom stereocenters. The lowest BCUT2D eigenvalue weighted by atomic mass is 10.1. The molecule has 17 heavy (non-hydrogen) atoms. The third kappa shape index (κ3) is 5.18. The lowest BCUT2D eigenvalue weighted by Gasteiger charge is -2.16. The van der Waals surface area contributed by atoms with E-state index in [9.17, 15) is 0 Å². The SMILES string of the molecule is CCCCCCC(C)Oc1cnccc1CO. The lowest BCUT2D eigenvalue weighted by Crippen LogP contribution is -2.13. The highest BCUT2D eigenvalue weighted by molar-refractivity contribution is 5.29. The molecule has 0 amide bonds. The first-order valence-electron chi connectivity index (χ1n) is 6.48. The molecule has 0 aliphatic rings. The minimum atomic E-state index is 0.000405. The largest absolute Gasteiger partial charge is 0.489 e. The van der Waals surface area contributed by atoms with Crippen LogP contribution >= 0.6 is 0 Å². The van der Waals surface area contributed by atoms with E-state index >= 15 is 0 Å². The number of rotatable bonds is 8. The number of aliphatic hydroxyl groups excluding tert-OH is 1. The van der Waals surface area contributed by atoms with Gasteiger partial charge in [-0.3, -0.25) is 4.98 Å². The highest BCUT2D eigenvalue weighted by Crippen LogP contribution is 2.19. The normalized spacial score (nSPS) is 12.4. The Morgan fingerprint density at radius 2 is 2.18 bits per heavy atom. The molecule has 3 nitrogen and oxygen atoms in total. The van der Waals surface area contributed by atoms with E-state index in [2.05, 4.69) is 18.8 Å². The summed E-state index contributed by atoms with van der Waals surface area (Å²) in [4.78, 5) is 4.02. The standard InChI is InChI=1S/C14H23NO2/c1-3-4-5-6-7-12(2)17-14-10-15-9-8-13(14)11-16/h8-10,12,16H,3-7,11H2,1-2H3. The van der Waals surface area contributed by atoms with Crippen LogP contribution in [0.2, 0.25) is 0 Å². The van der Waals surface area contributed by atoms with Gasteiger partial charge in [0.1, 0.15) is 5.75 Å². The van der Waals surface area contributed by atoms with E-state index < -0.39 is 0 Å². The molecule has 0 bridgehead atoms. The van der Waals surface area contributed by atoms with E-state index in [0.29, 0.717) is 5.75 Å². The van der Waals surface area contributed by atoms with Crippen LogP contribution in [0, 0.1) is 0 Å². The average Bonchev–Trinajstić information content (AvgIpc) is 2.35. The predicted octanol–water partition coefficient (Wildman–Crippen LogP) is 3.31. The third-order valence-corrected chi connectivity index (χ3v) is 2.83. The lowest BCUT2D eigenvalue weighted by molar-refractivity contribution is 0.196. The van der Waals surface area contributed by atoms with Crippen LogP contribution in [-0.2, 0) is 6.61 Å². The van der Waals surface area contributed by atoms with Gasteiger partial charge in [-0.05, 0) is 25.8 Å². The second kappa shape index (κ2) is 8.07. The maximum absolute atomic E-state index is 9.17. The van der Waals surface area contributed by atoms with Crippen LogP contribution in [-0.4, -0.2) is 16.2 Å². The van der Waals surface area contributed by atoms with Crippen molar-refractivity contribution >= 4 is 0 Å². The first-order valence-corrected chi connectivity index (χ1v) is 6.48. The summed E-state index contributed by atoms with van der Waals surface area (Å²) in [6.45, 7) is 4.28. The Balaban J connectivity index is 2.36. The molecule has 1 aromatic heterocycles. The number of hydrogen-bond donors (Lipinski definition) is 1. The molecule has 0 aliphatic heterocycles. The van der Waals surface area contributed by atoms with Gasteiger partial charge in [0.2, 0.25) is 0 Å². The van der Waals surface area contributed by atoms with Gasteiger partial charge in [-0.25, -0.2) is 0 Å². The zero-order valence-corrected chi connectivity index (χ0v) is 10.9. The van der Waals surface area contributed by atoms with Gasteiger partial charge in [0.05, 0.1) is 18.9 Å². The molecule has 1 N–H and O–H groups in total. The number of pyridine rings is 1. The fourth-order valence-corrected chi connectivity index (χ4v) is 1.78. The Hall–Kier alpha value is -1.09. The van der Waals surface area contributed by atoms with Gasteiger partial charge < -0.3 is 9.84 Å². The summed E-state index contributed by atoms with van der Waals surface area (Å²) in [5.74, 6) is 0.706. The van der Waals surface area contributed by atoms with Crippen molar-refractivity contribution in [1.29, 1.82) is 0 Å². The van der Waals surface area contributed by atoms with Crippen LogP contribution in [0.25, 0.3) is 0 Å². The Labute approximate surface area is 104 Å². The van der Waals surface area contributed by atoms with Crippen LogP contribution in [0.4, 0.5) is 0 Å². The second-order valence-corrected chi connectivity index (χ2v) is 4.42. The molecule has 96 valence electrons. The van der Waals surface area contributed by atoms with E-state index in [0.717, 1.165) is 12.0 Å². The van der Waals surface area contributed by atoms with Crippen LogP contribution in [0.5, 0.6) is 5.75 Å². The van der Waals surface area contributed by atoms with Crippen molar-refractivity contribution in [3.8, 4) is 5.75 Å². The molecule has 3 heteroatoms. The molecule has 0 fully saturated rings. The highest BCUT2D eigenvalue weighted by Gasteiger charge is 2.07. The zero-order chi connectivity index (χ0) is 12.5. The Morgan fingerprint density at radius 1 is 1.35 bits per heavy atom. The topological polar surface area (TPSA) is 42.4 Å². The van der Waals surface area contributed by atoms with Crippen LogP contribution in [0.3, 0.4) is 0 Å². The first-order chi connectivity index (χ1) is 8.27. The monoisotopic (exact) mass is 237 g/mol. The van der Waals surface area contributed by atoms with Crippen molar-refractivity contribution in [1.82, 2.24) is 4.98 Å². The average molecular weight is 237 g/mol. The Morgan fingerprint density at radius 3 is 2.88 bits per heavy atom. The van der Waals surface area contributed by atoms with Crippen molar-refractivity contribution in [2.24, 2.45) is 0 Å². The second-order valence-electron chi connectivity index (χ2n) is 4.42. The molecule has 0 spiro atoms. The summed E-state index contributed by atoms with van der Waals surface area (Å²) < 4.78 is 5.79. The van der Waals surface area contributed by atoms with E-state index in [1.54, 1.807) is 18.5 Å². The van der Waals surface area contributed by atoms with Gasteiger partial charge in [-0.2, -0.15) is 0 Å². The fourth-order valence-electron chi connectivity index (χ4n) is 1.78. The molecule has 0 aliphatic carbocycles. The first kappa shape index (κ1) is 14.0. The van der Waals surface area contributed by atoms with Crippen molar-refractivity contribution in [3.63, 3.8) is 0 Å². The fraction of sp³-hybridized carbons (Fsp3) is 0.643. The molecule has 1 rings (SSSR count). The van der Waals surface area contributed by atoms with Crippen LogP contribution < -0.4 is 4.74 Å². The number of nitrogens with zero attached hydrogens (tertiary/aromatic N) is 1. The van der Waals surface area contributed by atoms with Gasteiger partial charge in [0, 0.05) is 11.8 Å². The highest BCUT2D eigenvalue weighted by atomic mass is 16.5. The Kier molecular flexibility index (Phi) is 6.63. The maximum Gasteiger partial charge on any atom is 0.143 e. The summed E-state index contributed by atoms with van der Waals surface area (Å²) in [7, 11) is 0. The van der Waals surface area contributed by atoms with E-state index in [-0.39, 0.29) is 12.7 Å². The molecular weight excluding hydrogens is 214 g/mol. The van der Waals surface area contributed by atoms with Gasteiger partial charge in [-0.1, -0.05) is 26.2 Å².